The number of aliphatic imine (C=N–C) groups is 1. The molecule has 0 saturated heterocycles. The fraction of sp³-hybridized carbons (Fsp3) is 0.444. The quantitative estimate of drug-likeness (QED) is 0.601. The molecule has 25 heavy (non-hydrogen) atoms. The summed E-state index contributed by atoms with van der Waals surface area (Å²) in [5, 5.41) is 7.72. The molecule has 0 aliphatic heterocycles. The van der Waals surface area contributed by atoms with Crippen LogP contribution in [-0.4, -0.2) is 24.5 Å². The van der Waals surface area contributed by atoms with E-state index in [1.807, 2.05) is 12.1 Å². The van der Waals surface area contributed by atoms with Gasteiger partial charge < -0.3 is 15.1 Å². The van der Waals surface area contributed by atoms with Gasteiger partial charge >= 0.3 is 0 Å². The van der Waals surface area contributed by atoms with Crippen LogP contribution in [0.3, 0.4) is 0 Å². The Kier molecular flexibility index (Phi) is 6.73. The molecule has 1 aromatic heterocycles. The Morgan fingerprint density at radius 2 is 1.84 bits per heavy atom. The molecule has 0 fully saturated rings. The van der Waals surface area contributed by atoms with E-state index in [-0.39, 0.29) is 5.41 Å². The summed E-state index contributed by atoms with van der Waals surface area (Å²) < 4.78 is 5.76. The van der Waals surface area contributed by atoms with Crippen LogP contribution >= 0.6 is 23.2 Å². The van der Waals surface area contributed by atoms with Crippen LogP contribution < -0.4 is 10.6 Å². The van der Waals surface area contributed by atoms with Gasteiger partial charge in [-0.3, -0.25) is 4.99 Å². The minimum absolute atomic E-state index is 0.0522. The molecule has 2 rings (SSSR count). The number of halogens is 2. The number of benzene rings is 1. The molecular weight excluding hydrogens is 359 g/mol. The molecule has 0 aliphatic carbocycles. The first kappa shape index (κ1) is 19.6. The SMILES string of the molecule is CN=C(NCCc1cc(Cl)cc(Cl)c1)NCc1ncc(C(C)(C)C)o1. The summed E-state index contributed by atoms with van der Waals surface area (Å²) in [5.74, 6) is 2.18. The van der Waals surface area contributed by atoms with Crippen molar-refractivity contribution < 1.29 is 4.42 Å². The highest BCUT2D eigenvalue weighted by Crippen LogP contribution is 2.22. The van der Waals surface area contributed by atoms with Crippen LogP contribution in [0.2, 0.25) is 10.0 Å². The van der Waals surface area contributed by atoms with Crippen LogP contribution in [0.25, 0.3) is 0 Å². The van der Waals surface area contributed by atoms with Gasteiger partial charge in [0.05, 0.1) is 12.7 Å². The van der Waals surface area contributed by atoms with Gasteiger partial charge in [-0.15, -0.1) is 0 Å². The molecule has 0 spiro atoms. The van der Waals surface area contributed by atoms with E-state index in [4.69, 9.17) is 27.6 Å². The topological polar surface area (TPSA) is 62.5 Å². The molecule has 0 radical (unpaired) electrons. The molecule has 5 nitrogen and oxygen atoms in total. The molecule has 1 aromatic carbocycles. The van der Waals surface area contributed by atoms with Gasteiger partial charge in [-0.1, -0.05) is 44.0 Å². The van der Waals surface area contributed by atoms with E-state index in [0.717, 1.165) is 17.7 Å². The van der Waals surface area contributed by atoms with Crippen LogP contribution in [0.15, 0.2) is 33.8 Å². The smallest absolute Gasteiger partial charge is 0.213 e. The number of rotatable bonds is 5. The highest BCUT2D eigenvalue weighted by molar-refractivity contribution is 6.34. The van der Waals surface area contributed by atoms with Crippen LogP contribution in [0.4, 0.5) is 0 Å². The Morgan fingerprint density at radius 3 is 2.40 bits per heavy atom. The lowest BCUT2D eigenvalue weighted by atomic mass is 9.94. The molecule has 2 N–H and O–H groups in total. The summed E-state index contributed by atoms with van der Waals surface area (Å²) in [4.78, 5) is 8.49. The minimum Gasteiger partial charge on any atom is -0.443 e. The minimum atomic E-state index is -0.0522. The Balaban J connectivity index is 1.82. The van der Waals surface area contributed by atoms with Crippen molar-refractivity contribution in [3.8, 4) is 0 Å². The summed E-state index contributed by atoms with van der Waals surface area (Å²) in [6.07, 6.45) is 2.56. The van der Waals surface area contributed by atoms with Crippen molar-refractivity contribution in [1.82, 2.24) is 15.6 Å². The van der Waals surface area contributed by atoms with E-state index in [1.54, 1.807) is 19.3 Å². The second-order valence-corrected chi connectivity index (χ2v) is 7.62. The fourth-order valence-electron chi connectivity index (χ4n) is 2.20. The van der Waals surface area contributed by atoms with Gasteiger partial charge in [0.15, 0.2) is 5.96 Å². The third-order valence-corrected chi connectivity index (χ3v) is 3.99. The standard InChI is InChI=1S/C18H24Cl2N4O/c1-18(2,3)15-10-23-16(25-15)11-24-17(21-4)22-6-5-12-7-13(19)9-14(20)8-12/h7-10H,5-6,11H2,1-4H3,(H2,21,22,24). The van der Waals surface area contributed by atoms with Crippen molar-refractivity contribution in [3.05, 3.63) is 51.7 Å². The average Bonchev–Trinajstić information content (AvgIpc) is 2.99. The predicted molar refractivity (Wildman–Crippen MR) is 104 cm³/mol. The molecule has 7 heteroatoms. The molecule has 0 amide bonds. The second kappa shape index (κ2) is 8.59. The number of oxazole rings is 1. The van der Waals surface area contributed by atoms with Crippen molar-refractivity contribution in [3.63, 3.8) is 0 Å². The maximum Gasteiger partial charge on any atom is 0.213 e. The number of aromatic nitrogens is 1. The molecule has 1 heterocycles. The Labute approximate surface area is 158 Å². The second-order valence-electron chi connectivity index (χ2n) is 6.75. The zero-order chi connectivity index (χ0) is 18.4. The van der Waals surface area contributed by atoms with Gasteiger partial charge in [0, 0.05) is 29.1 Å². The van der Waals surface area contributed by atoms with Crippen molar-refractivity contribution in [2.75, 3.05) is 13.6 Å². The summed E-state index contributed by atoms with van der Waals surface area (Å²) in [6, 6.07) is 5.54. The number of hydrogen-bond donors (Lipinski definition) is 2. The summed E-state index contributed by atoms with van der Waals surface area (Å²) >= 11 is 12.0. The first-order chi connectivity index (χ1) is 11.8. The number of hydrogen-bond acceptors (Lipinski definition) is 3. The zero-order valence-corrected chi connectivity index (χ0v) is 16.5. The van der Waals surface area contributed by atoms with Crippen LogP contribution in [0.5, 0.6) is 0 Å². The maximum absolute atomic E-state index is 6.01. The highest BCUT2D eigenvalue weighted by atomic mass is 35.5. The maximum atomic E-state index is 6.01. The van der Waals surface area contributed by atoms with Gasteiger partial charge in [-0.05, 0) is 30.2 Å². The Morgan fingerprint density at radius 1 is 1.16 bits per heavy atom. The van der Waals surface area contributed by atoms with Gasteiger partial charge in [-0.25, -0.2) is 4.98 Å². The van der Waals surface area contributed by atoms with Crippen LogP contribution in [0, 0.1) is 0 Å². The van der Waals surface area contributed by atoms with Crippen molar-refractivity contribution >= 4 is 29.2 Å². The predicted octanol–water partition coefficient (Wildman–Crippen LogP) is 4.19. The molecule has 2 aromatic rings. The van der Waals surface area contributed by atoms with Crippen molar-refractivity contribution in [2.45, 2.75) is 39.2 Å². The first-order valence-corrected chi connectivity index (χ1v) is 8.88. The molecule has 0 saturated carbocycles. The largest absolute Gasteiger partial charge is 0.443 e. The van der Waals surface area contributed by atoms with E-state index in [9.17, 15) is 0 Å². The van der Waals surface area contributed by atoms with Crippen LogP contribution in [-0.2, 0) is 18.4 Å². The molecule has 0 unspecified atom stereocenters. The number of nitrogens with one attached hydrogen (secondary N) is 2. The van der Waals surface area contributed by atoms with Gasteiger partial charge in [-0.2, -0.15) is 0 Å². The Bertz CT molecular complexity index is 715. The van der Waals surface area contributed by atoms with Crippen molar-refractivity contribution in [1.29, 1.82) is 0 Å². The van der Waals surface area contributed by atoms with E-state index in [1.165, 1.54) is 0 Å². The monoisotopic (exact) mass is 382 g/mol. The van der Waals surface area contributed by atoms with E-state index >= 15 is 0 Å². The fourth-order valence-corrected chi connectivity index (χ4v) is 2.77. The third-order valence-electron chi connectivity index (χ3n) is 3.55. The van der Waals surface area contributed by atoms with Gasteiger partial charge in [0.1, 0.15) is 5.76 Å². The lowest BCUT2D eigenvalue weighted by molar-refractivity contribution is 0.379. The summed E-state index contributed by atoms with van der Waals surface area (Å²) in [7, 11) is 1.72. The summed E-state index contributed by atoms with van der Waals surface area (Å²) in [5.41, 5.74) is 1.02. The molecule has 0 aliphatic rings. The van der Waals surface area contributed by atoms with Crippen molar-refractivity contribution in [2.24, 2.45) is 4.99 Å². The first-order valence-electron chi connectivity index (χ1n) is 8.12. The molecular formula is C18H24Cl2N4O. The number of nitrogens with zero attached hydrogens (tertiary/aromatic N) is 2. The van der Waals surface area contributed by atoms with E-state index in [2.05, 4.69) is 41.4 Å². The Hall–Kier alpha value is -1.72. The molecule has 136 valence electrons. The lowest BCUT2D eigenvalue weighted by Crippen LogP contribution is -2.37. The third kappa shape index (κ3) is 6.25. The highest BCUT2D eigenvalue weighted by Gasteiger charge is 2.19. The number of guanidine groups is 1. The zero-order valence-electron chi connectivity index (χ0n) is 15.0. The molecule has 0 atom stereocenters. The van der Waals surface area contributed by atoms with E-state index < -0.39 is 0 Å². The van der Waals surface area contributed by atoms with Gasteiger partial charge in [0.25, 0.3) is 0 Å². The molecule has 0 bridgehead atoms. The average molecular weight is 383 g/mol. The lowest BCUT2D eigenvalue weighted by Gasteiger charge is -2.13. The van der Waals surface area contributed by atoms with Gasteiger partial charge in [0.2, 0.25) is 5.89 Å². The normalized spacial score (nSPS) is 12.3. The van der Waals surface area contributed by atoms with Crippen LogP contribution in [0.1, 0.15) is 38.0 Å². The summed E-state index contributed by atoms with van der Waals surface area (Å²) in [6.45, 7) is 7.45. The van der Waals surface area contributed by atoms with E-state index in [0.29, 0.717) is 35.0 Å².